The molecule has 1 spiro atoms. The summed E-state index contributed by atoms with van der Waals surface area (Å²) in [5.41, 5.74) is 4.77. The van der Waals surface area contributed by atoms with Gasteiger partial charge in [0.25, 0.3) is 0 Å². The van der Waals surface area contributed by atoms with Crippen LogP contribution in [0, 0.1) is 0 Å². The SMILES string of the molecule is O=C1Cc2ccccc2C2(CCC(c3nc4nc(-c5ccccc5)ncc4[nH]3)CC2)N1. The molecule has 1 aliphatic carbocycles. The number of amides is 1. The second kappa shape index (κ2) is 7.01. The van der Waals surface area contributed by atoms with Gasteiger partial charge in [-0.3, -0.25) is 4.79 Å². The number of carbonyl (C=O) groups is 1. The Morgan fingerprint density at radius 2 is 1.71 bits per heavy atom. The van der Waals surface area contributed by atoms with E-state index in [1.54, 1.807) is 0 Å². The highest BCUT2D eigenvalue weighted by Crippen LogP contribution is 2.45. The topological polar surface area (TPSA) is 83.6 Å². The van der Waals surface area contributed by atoms with E-state index in [-0.39, 0.29) is 11.4 Å². The number of aromatic nitrogens is 4. The summed E-state index contributed by atoms with van der Waals surface area (Å²) in [5.74, 6) is 2.12. The normalized spacial score (nSPS) is 23.0. The number of benzene rings is 2. The van der Waals surface area contributed by atoms with Crippen molar-refractivity contribution in [3.05, 3.63) is 77.7 Å². The summed E-state index contributed by atoms with van der Waals surface area (Å²) in [6.45, 7) is 0. The second-order valence-electron chi connectivity index (χ2n) is 8.66. The number of aromatic amines is 1. The summed E-state index contributed by atoms with van der Waals surface area (Å²) in [6, 6.07) is 18.3. The van der Waals surface area contributed by atoms with E-state index in [9.17, 15) is 4.79 Å². The lowest BCUT2D eigenvalue weighted by atomic mass is 9.69. The molecule has 6 rings (SSSR count). The first-order valence-corrected chi connectivity index (χ1v) is 10.9. The zero-order valence-corrected chi connectivity index (χ0v) is 17.1. The predicted molar refractivity (Wildman–Crippen MR) is 118 cm³/mol. The van der Waals surface area contributed by atoms with Crippen molar-refractivity contribution in [1.82, 2.24) is 25.3 Å². The monoisotopic (exact) mass is 409 g/mol. The Kier molecular flexibility index (Phi) is 4.13. The van der Waals surface area contributed by atoms with E-state index in [1.807, 2.05) is 42.6 Å². The molecule has 0 saturated heterocycles. The molecule has 4 aromatic rings. The van der Waals surface area contributed by atoms with Gasteiger partial charge in [-0.1, -0.05) is 54.6 Å². The predicted octanol–water partition coefficient (Wildman–Crippen LogP) is 4.25. The van der Waals surface area contributed by atoms with Crippen molar-refractivity contribution in [2.45, 2.75) is 43.6 Å². The Morgan fingerprint density at radius 3 is 2.55 bits per heavy atom. The molecule has 0 unspecified atom stereocenters. The number of nitrogens with zero attached hydrogens (tertiary/aromatic N) is 3. The Hall–Kier alpha value is -3.54. The lowest BCUT2D eigenvalue weighted by Gasteiger charge is -2.44. The minimum absolute atomic E-state index is 0.129. The zero-order valence-electron chi connectivity index (χ0n) is 17.1. The minimum Gasteiger partial charge on any atom is -0.346 e. The van der Waals surface area contributed by atoms with Gasteiger partial charge in [-0.15, -0.1) is 0 Å². The molecule has 31 heavy (non-hydrogen) atoms. The average molecular weight is 409 g/mol. The number of carbonyl (C=O) groups excluding carboxylic acids is 1. The third-order valence-electron chi connectivity index (χ3n) is 6.78. The first-order valence-electron chi connectivity index (χ1n) is 10.9. The quantitative estimate of drug-likeness (QED) is 0.519. The third kappa shape index (κ3) is 3.10. The standard InChI is InChI=1S/C25H23N5O/c31-21-14-18-8-4-5-9-19(18)25(30-21)12-10-17(11-13-25)23-27-20-15-26-22(28-24(20)29-23)16-6-2-1-3-7-16/h1-9,15,17H,10-14H2,(H,30,31)(H,26,27,28,29). The Balaban J connectivity index is 1.26. The Morgan fingerprint density at radius 1 is 0.935 bits per heavy atom. The molecular weight excluding hydrogens is 386 g/mol. The fourth-order valence-corrected chi connectivity index (χ4v) is 5.22. The number of hydrogen-bond donors (Lipinski definition) is 2. The molecule has 0 atom stereocenters. The molecule has 1 amide bonds. The van der Waals surface area contributed by atoms with E-state index in [1.165, 1.54) is 5.56 Å². The van der Waals surface area contributed by atoms with Crippen LogP contribution in [0.4, 0.5) is 0 Å². The highest BCUT2D eigenvalue weighted by atomic mass is 16.1. The molecule has 3 heterocycles. The van der Waals surface area contributed by atoms with Crippen molar-refractivity contribution in [3.63, 3.8) is 0 Å². The maximum absolute atomic E-state index is 12.4. The van der Waals surface area contributed by atoms with E-state index in [4.69, 9.17) is 4.98 Å². The van der Waals surface area contributed by atoms with Crippen LogP contribution in [0.2, 0.25) is 0 Å². The van der Waals surface area contributed by atoms with Crippen molar-refractivity contribution >= 4 is 17.1 Å². The molecule has 1 aliphatic heterocycles. The number of fused-ring (bicyclic) bond motifs is 3. The van der Waals surface area contributed by atoms with Crippen molar-refractivity contribution in [3.8, 4) is 11.4 Å². The highest BCUT2D eigenvalue weighted by molar-refractivity contribution is 5.82. The fourth-order valence-electron chi connectivity index (χ4n) is 5.22. The van der Waals surface area contributed by atoms with Gasteiger partial charge in [0.2, 0.25) is 5.91 Å². The van der Waals surface area contributed by atoms with Gasteiger partial charge in [0.05, 0.1) is 18.2 Å². The van der Waals surface area contributed by atoms with Crippen molar-refractivity contribution in [1.29, 1.82) is 0 Å². The summed E-state index contributed by atoms with van der Waals surface area (Å²) in [4.78, 5) is 29.8. The first-order chi connectivity index (χ1) is 15.2. The van der Waals surface area contributed by atoms with Crippen molar-refractivity contribution in [2.75, 3.05) is 0 Å². The van der Waals surface area contributed by atoms with Crippen LogP contribution in [0.15, 0.2) is 60.8 Å². The van der Waals surface area contributed by atoms with Crippen LogP contribution in [0.3, 0.4) is 0 Å². The molecule has 1 fully saturated rings. The summed E-state index contributed by atoms with van der Waals surface area (Å²) in [6.07, 6.45) is 6.06. The molecule has 2 N–H and O–H groups in total. The average Bonchev–Trinajstić information content (AvgIpc) is 3.23. The number of nitrogens with one attached hydrogen (secondary N) is 2. The Bertz CT molecular complexity index is 1270. The number of hydrogen-bond acceptors (Lipinski definition) is 4. The molecule has 6 nitrogen and oxygen atoms in total. The molecule has 0 radical (unpaired) electrons. The molecular formula is C25H23N5O. The number of H-pyrrole nitrogens is 1. The molecule has 1 saturated carbocycles. The van der Waals surface area contributed by atoms with Crippen LogP contribution >= 0.6 is 0 Å². The number of rotatable bonds is 2. The van der Waals surface area contributed by atoms with Gasteiger partial charge < -0.3 is 10.3 Å². The molecule has 2 aliphatic rings. The lowest BCUT2D eigenvalue weighted by molar-refractivity contribution is -0.123. The van der Waals surface area contributed by atoms with E-state index in [2.05, 4.69) is 38.5 Å². The zero-order chi connectivity index (χ0) is 20.8. The summed E-state index contributed by atoms with van der Waals surface area (Å²) < 4.78 is 0. The van der Waals surface area contributed by atoms with Crippen molar-refractivity contribution in [2.24, 2.45) is 0 Å². The van der Waals surface area contributed by atoms with Crippen LogP contribution in [-0.2, 0) is 16.8 Å². The van der Waals surface area contributed by atoms with Gasteiger partial charge in [-0.05, 0) is 36.8 Å². The first kappa shape index (κ1) is 18.2. The van der Waals surface area contributed by atoms with Crippen LogP contribution in [0.5, 0.6) is 0 Å². The molecule has 6 heteroatoms. The van der Waals surface area contributed by atoms with Crippen LogP contribution in [0.1, 0.15) is 48.6 Å². The molecule has 0 bridgehead atoms. The molecule has 2 aromatic carbocycles. The largest absolute Gasteiger partial charge is 0.346 e. The lowest BCUT2D eigenvalue weighted by Crippen LogP contribution is -2.52. The van der Waals surface area contributed by atoms with Gasteiger partial charge in [0.15, 0.2) is 11.5 Å². The van der Waals surface area contributed by atoms with Crippen LogP contribution < -0.4 is 5.32 Å². The number of imidazole rings is 1. The van der Waals surface area contributed by atoms with Gasteiger partial charge in [0, 0.05) is 11.5 Å². The van der Waals surface area contributed by atoms with Crippen LogP contribution in [-0.4, -0.2) is 25.8 Å². The summed E-state index contributed by atoms with van der Waals surface area (Å²) >= 11 is 0. The maximum atomic E-state index is 12.4. The summed E-state index contributed by atoms with van der Waals surface area (Å²) in [5, 5.41) is 3.32. The molecule has 154 valence electrons. The highest BCUT2D eigenvalue weighted by Gasteiger charge is 2.42. The van der Waals surface area contributed by atoms with Gasteiger partial charge in [0.1, 0.15) is 11.3 Å². The van der Waals surface area contributed by atoms with E-state index < -0.39 is 0 Å². The Labute approximate surface area is 180 Å². The second-order valence-corrected chi connectivity index (χ2v) is 8.66. The van der Waals surface area contributed by atoms with E-state index in [0.717, 1.165) is 48.2 Å². The van der Waals surface area contributed by atoms with E-state index in [0.29, 0.717) is 23.8 Å². The fraction of sp³-hybridized carbons (Fsp3) is 0.280. The van der Waals surface area contributed by atoms with Crippen molar-refractivity contribution < 1.29 is 4.79 Å². The summed E-state index contributed by atoms with van der Waals surface area (Å²) in [7, 11) is 0. The van der Waals surface area contributed by atoms with Gasteiger partial charge in [-0.25, -0.2) is 15.0 Å². The smallest absolute Gasteiger partial charge is 0.225 e. The minimum atomic E-state index is -0.241. The maximum Gasteiger partial charge on any atom is 0.225 e. The van der Waals surface area contributed by atoms with Gasteiger partial charge in [-0.2, -0.15) is 0 Å². The van der Waals surface area contributed by atoms with Crippen LogP contribution in [0.25, 0.3) is 22.6 Å². The molecule has 2 aromatic heterocycles. The third-order valence-corrected chi connectivity index (χ3v) is 6.78. The van der Waals surface area contributed by atoms with Gasteiger partial charge >= 0.3 is 0 Å². The van der Waals surface area contributed by atoms with E-state index >= 15 is 0 Å².